The summed E-state index contributed by atoms with van der Waals surface area (Å²) in [6.07, 6.45) is 2.09. The van der Waals surface area contributed by atoms with Crippen LogP contribution in [0.4, 0.5) is 0 Å². The summed E-state index contributed by atoms with van der Waals surface area (Å²) in [7, 11) is 1.97. The number of ether oxygens (including phenoxy) is 3. The van der Waals surface area contributed by atoms with Gasteiger partial charge in [-0.1, -0.05) is 22.6 Å². The van der Waals surface area contributed by atoms with E-state index in [1.165, 1.54) is 0 Å². The molecule has 0 bridgehead atoms. The van der Waals surface area contributed by atoms with Gasteiger partial charge in [0.05, 0.1) is 31.0 Å². The van der Waals surface area contributed by atoms with Crippen LogP contribution in [0.15, 0.2) is 0 Å². The lowest BCUT2D eigenvalue weighted by atomic mass is 10.3. The van der Waals surface area contributed by atoms with Gasteiger partial charge in [-0.3, -0.25) is 0 Å². The molecule has 0 aromatic heterocycles. The lowest BCUT2D eigenvalue weighted by Gasteiger charge is -2.14. The van der Waals surface area contributed by atoms with E-state index in [4.69, 9.17) is 19.3 Å². The zero-order chi connectivity index (χ0) is 13.5. The van der Waals surface area contributed by atoms with Gasteiger partial charge in [0, 0.05) is 26.3 Å². The molecule has 18 heavy (non-hydrogen) atoms. The Morgan fingerprint density at radius 2 is 1.50 bits per heavy atom. The van der Waals surface area contributed by atoms with E-state index in [9.17, 15) is 0 Å². The van der Waals surface area contributed by atoms with Crippen LogP contribution in [0.3, 0.4) is 0 Å². The van der Waals surface area contributed by atoms with E-state index in [-0.39, 0.29) is 6.61 Å². The molecule has 0 amide bonds. The zero-order valence-corrected chi connectivity index (χ0v) is 13.4. The maximum absolute atomic E-state index is 8.70. The first-order valence-electron chi connectivity index (χ1n) is 6.40. The van der Waals surface area contributed by atoms with Crippen molar-refractivity contribution in [1.82, 2.24) is 4.90 Å². The first-order valence-corrected chi connectivity index (χ1v) is 7.92. The normalized spacial score (nSPS) is 11.3. The number of rotatable bonds is 14. The molecule has 0 saturated carbocycles. The Hall–Kier alpha value is 0.530. The summed E-state index contributed by atoms with van der Waals surface area (Å²) < 4.78 is 16.8. The van der Waals surface area contributed by atoms with Gasteiger partial charge in [-0.05, 0) is 19.9 Å². The minimum Gasteiger partial charge on any atom is -0.395 e. The summed E-state index contributed by atoms with van der Waals surface area (Å²) in [6.45, 7) is 5.30. The molecular formula is C12H26INO4. The summed E-state index contributed by atoms with van der Waals surface area (Å²) in [4.78, 5) is 2.04. The molecule has 6 heteroatoms. The SMILES string of the molecule is CN(CCO)CCOCCOCCCCOCI. The number of aliphatic hydroxyl groups excluding tert-OH is 1. The van der Waals surface area contributed by atoms with Gasteiger partial charge in [0.15, 0.2) is 0 Å². The van der Waals surface area contributed by atoms with Gasteiger partial charge < -0.3 is 24.2 Å². The molecule has 0 aromatic carbocycles. The highest BCUT2D eigenvalue weighted by molar-refractivity contribution is 14.1. The van der Waals surface area contributed by atoms with Crippen molar-refractivity contribution in [2.24, 2.45) is 0 Å². The maximum atomic E-state index is 8.70. The largest absolute Gasteiger partial charge is 0.395 e. The average molecular weight is 375 g/mol. The Kier molecular flexibility index (Phi) is 16.0. The van der Waals surface area contributed by atoms with Crippen molar-refractivity contribution in [3.05, 3.63) is 0 Å². The Morgan fingerprint density at radius 3 is 2.11 bits per heavy atom. The van der Waals surface area contributed by atoms with Crippen molar-refractivity contribution in [2.45, 2.75) is 12.8 Å². The molecule has 0 unspecified atom stereocenters. The van der Waals surface area contributed by atoms with Crippen LogP contribution in [-0.2, 0) is 14.2 Å². The van der Waals surface area contributed by atoms with Gasteiger partial charge in [0.2, 0.25) is 0 Å². The highest BCUT2D eigenvalue weighted by Crippen LogP contribution is 1.93. The molecular weight excluding hydrogens is 349 g/mol. The fourth-order valence-electron chi connectivity index (χ4n) is 1.29. The number of halogens is 1. The molecule has 0 spiro atoms. The predicted molar refractivity (Wildman–Crippen MR) is 80.3 cm³/mol. The van der Waals surface area contributed by atoms with Crippen molar-refractivity contribution in [3.8, 4) is 0 Å². The second-order valence-electron chi connectivity index (χ2n) is 3.98. The predicted octanol–water partition coefficient (Wildman–Crippen LogP) is 1.13. The van der Waals surface area contributed by atoms with Gasteiger partial charge in [0.25, 0.3) is 0 Å². The molecule has 1 N–H and O–H groups in total. The Balaban J connectivity index is 2.98. The van der Waals surface area contributed by atoms with Gasteiger partial charge in [-0.2, -0.15) is 0 Å². The third-order valence-corrected chi connectivity index (χ3v) is 2.82. The van der Waals surface area contributed by atoms with Crippen LogP contribution >= 0.6 is 22.6 Å². The lowest BCUT2D eigenvalue weighted by molar-refractivity contribution is 0.0369. The van der Waals surface area contributed by atoms with Crippen LogP contribution in [0.5, 0.6) is 0 Å². The molecule has 0 rings (SSSR count). The molecule has 0 fully saturated rings. The van der Waals surface area contributed by atoms with E-state index in [0.717, 1.165) is 37.2 Å². The van der Waals surface area contributed by atoms with E-state index < -0.39 is 0 Å². The topological polar surface area (TPSA) is 51.2 Å². The van der Waals surface area contributed by atoms with E-state index in [0.29, 0.717) is 26.4 Å². The molecule has 0 aliphatic carbocycles. The number of likely N-dealkylation sites (N-methyl/N-ethyl adjacent to an activating group) is 1. The van der Waals surface area contributed by atoms with Crippen LogP contribution in [0.1, 0.15) is 12.8 Å². The Bertz CT molecular complexity index is 163. The third-order valence-electron chi connectivity index (χ3n) is 2.38. The summed E-state index contributed by atoms with van der Waals surface area (Å²) in [6, 6.07) is 0. The molecule has 0 aliphatic rings. The molecule has 0 heterocycles. The van der Waals surface area contributed by atoms with Gasteiger partial charge in [-0.15, -0.1) is 0 Å². The average Bonchev–Trinajstić information content (AvgIpc) is 2.36. The molecule has 0 aromatic rings. The zero-order valence-electron chi connectivity index (χ0n) is 11.3. The first kappa shape index (κ1) is 18.5. The molecule has 0 atom stereocenters. The van der Waals surface area contributed by atoms with Crippen LogP contribution < -0.4 is 0 Å². The number of unbranched alkanes of at least 4 members (excludes halogenated alkanes) is 1. The highest BCUT2D eigenvalue weighted by Gasteiger charge is 1.96. The second kappa shape index (κ2) is 15.6. The smallest absolute Gasteiger partial charge is 0.0979 e. The van der Waals surface area contributed by atoms with Crippen LogP contribution in [0.25, 0.3) is 0 Å². The quantitative estimate of drug-likeness (QED) is 0.280. The molecule has 110 valence electrons. The van der Waals surface area contributed by atoms with E-state index in [2.05, 4.69) is 22.6 Å². The fourth-order valence-corrected chi connectivity index (χ4v) is 1.60. The summed E-state index contributed by atoms with van der Waals surface area (Å²) in [5, 5.41) is 8.70. The molecule has 0 aliphatic heterocycles. The standard InChI is InChI=1S/C12H26INO4/c1-14(4-6-15)5-9-17-11-10-16-7-2-3-8-18-12-13/h15H,2-12H2,1H3. The molecule has 5 nitrogen and oxygen atoms in total. The van der Waals surface area contributed by atoms with Gasteiger partial charge >= 0.3 is 0 Å². The highest BCUT2D eigenvalue weighted by atomic mass is 127. The Morgan fingerprint density at radius 1 is 0.889 bits per heavy atom. The van der Waals surface area contributed by atoms with Crippen molar-refractivity contribution in [2.75, 3.05) is 64.4 Å². The van der Waals surface area contributed by atoms with Crippen molar-refractivity contribution in [1.29, 1.82) is 0 Å². The van der Waals surface area contributed by atoms with E-state index in [1.54, 1.807) is 0 Å². The number of aliphatic hydroxyl groups is 1. The van der Waals surface area contributed by atoms with Crippen LogP contribution in [0.2, 0.25) is 0 Å². The summed E-state index contributed by atoms with van der Waals surface area (Å²) in [5.41, 5.74) is 0. The summed E-state index contributed by atoms with van der Waals surface area (Å²) >= 11 is 2.20. The molecule has 0 radical (unpaired) electrons. The fraction of sp³-hybridized carbons (Fsp3) is 1.00. The monoisotopic (exact) mass is 375 g/mol. The van der Waals surface area contributed by atoms with E-state index in [1.807, 2.05) is 11.9 Å². The molecule has 0 saturated heterocycles. The van der Waals surface area contributed by atoms with E-state index >= 15 is 0 Å². The van der Waals surface area contributed by atoms with Crippen LogP contribution in [0, 0.1) is 0 Å². The number of alkyl halides is 1. The van der Waals surface area contributed by atoms with Crippen molar-refractivity contribution >= 4 is 22.6 Å². The minimum absolute atomic E-state index is 0.195. The second-order valence-corrected chi connectivity index (χ2v) is 4.60. The number of nitrogens with zero attached hydrogens (tertiary/aromatic N) is 1. The first-order chi connectivity index (χ1) is 8.81. The summed E-state index contributed by atoms with van der Waals surface area (Å²) in [5.74, 6) is 0. The number of hydrogen-bond acceptors (Lipinski definition) is 5. The lowest BCUT2D eigenvalue weighted by Crippen LogP contribution is -2.26. The maximum Gasteiger partial charge on any atom is 0.0979 e. The minimum atomic E-state index is 0.195. The number of hydrogen-bond donors (Lipinski definition) is 1. The van der Waals surface area contributed by atoms with Gasteiger partial charge in [0.1, 0.15) is 0 Å². The van der Waals surface area contributed by atoms with Gasteiger partial charge in [-0.25, -0.2) is 0 Å². The third kappa shape index (κ3) is 14.6. The Labute approximate surface area is 124 Å². The van der Waals surface area contributed by atoms with Crippen molar-refractivity contribution in [3.63, 3.8) is 0 Å². The van der Waals surface area contributed by atoms with Crippen molar-refractivity contribution < 1.29 is 19.3 Å². The van der Waals surface area contributed by atoms with Crippen LogP contribution in [-0.4, -0.2) is 74.4 Å².